The molecule has 1 aromatic rings. The number of nitrogens with one attached hydrogen (secondary N) is 1. The summed E-state index contributed by atoms with van der Waals surface area (Å²) in [4.78, 5) is 28.0. The summed E-state index contributed by atoms with van der Waals surface area (Å²) in [5, 5.41) is 12.6. The van der Waals surface area contributed by atoms with Crippen LogP contribution in [0.2, 0.25) is 0 Å². The number of halogens is 1. The number of aliphatic hydroxyl groups is 1. The van der Waals surface area contributed by atoms with Gasteiger partial charge in [0.05, 0.1) is 17.7 Å². The lowest BCUT2D eigenvalue weighted by Gasteiger charge is -2.19. The van der Waals surface area contributed by atoms with Crippen LogP contribution in [0.15, 0.2) is 18.2 Å². The summed E-state index contributed by atoms with van der Waals surface area (Å²) < 4.78 is 0. The number of hydrogen-bond donors (Lipinski definition) is 2. The van der Waals surface area contributed by atoms with E-state index in [-0.39, 0.29) is 23.9 Å². The number of anilines is 2. The first kappa shape index (κ1) is 16.1. The summed E-state index contributed by atoms with van der Waals surface area (Å²) in [5.41, 5.74) is 2.19. The molecule has 2 heterocycles. The van der Waals surface area contributed by atoms with Crippen molar-refractivity contribution >= 4 is 34.9 Å². The maximum Gasteiger partial charge on any atom is 0.332 e. The summed E-state index contributed by atoms with van der Waals surface area (Å²) in [5.74, 6) is -0.000567. The number of carbonyl (C=O) groups excluding carboxylic acids is 2. The average molecular weight is 338 g/mol. The highest BCUT2D eigenvalue weighted by molar-refractivity contribution is 6.22. The molecule has 2 aliphatic heterocycles. The second-order valence-corrected chi connectivity index (χ2v) is 6.31. The zero-order chi connectivity index (χ0) is 16.6. The van der Waals surface area contributed by atoms with Gasteiger partial charge in [0.25, 0.3) is 5.91 Å². The molecule has 2 fully saturated rings. The van der Waals surface area contributed by atoms with Gasteiger partial charge in [0.2, 0.25) is 0 Å². The Labute approximate surface area is 140 Å². The van der Waals surface area contributed by atoms with Crippen molar-refractivity contribution in [3.05, 3.63) is 23.8 Å². The first-order valence-corrected chi connectivity index (χ1v) is 8.29. The van der Waals surface area contributed by atoms with Crippen molar-refractivity contribution in [3.63, 3.8) is 0 Å². The van der Waals surface area contributed by atoms with Crippen molar-refractivity contribution in [2.45, 2.75) is 31.9 Å². The Kier molecular flexibility index (Phi) is 4.46. The molecule has 0 bridgehead atoms. The highest BCUT2D eigenvalue weighted by Gasteiger charge is 2.48. The van der Waals surface area contributed by atoms with Gasteiger partial charge in [-0.2, -0.15) is 0 Å². The molecule has 0 saturated carbocycles. The molecule has 2 atom stereocenters. The van der Waals surface area contributed by atoms with Gasteiger partial charge in [0, 0.05) is 18.8 Å². The van der Waals surface area contributed by atoms with Crippen LogP contribution in [0, 0.1) is 6.92 Å². The van der Waals surface area contributed by atoms with Crippen LogP contribution < -0.4 is 10.2 Å². The number of nitrogens with zero attached hydrogens (tertiary/aromatic N) is 2. The third-order valence-electron chi connectivity index (χ3n) is 4.37. The maximum absolute atomic E-state index is 12.6. The molecule has 0 radical (unpaired) electrons. The summed E-state index contributed by atoms with van der Waals surface area (Å²) in [6, 6.07) is 4.93. The monoisotopic (exact) mass is 337 g/mol. The van der Waals surface area contributed by atoms with Crippen LogP contribution in [0.25, 0.3) is 0 Å². The lowest BCUT2D eigenvalue weighted by Crippen LogP contribution is -2.33. The molecule has 0 aromatic heterocycles. The number of aryl methyl sites for hydroxylation is 1. The summed E-state index contributed by atoms with van der Waals surface area (Å²) >= 11 is 5.58. The van der Waals surface area contributed by atoms with Gasteiger partial charge in [-0.1, -0.05) is 6.07 Å². The quantitative estimate of drug-likeness (QED) is 0.636. The zero-order valence-corrected chi connectivity index (χ0v) is 13.7. The number of hydrogen-bond acceptors (Lipinski definition) is 4. The number of alkyl halides is 1. The van der Waals surface area contributed by atoms with Gasteiger partial charge in [-0.05, 0) is 37.5 Å². The van der Waals surface area contributed by atoms with Crippen molar-refractivity contribution in [1.82, 2.24) is 4.90 Å². The third-order valence-corrected chi connectivity index (χ3v) is 4.72. The van der Waals surface area contributed by atoms with Gasteiger partial charge in [-0.3, -0.25) is 4.79 Å². The highest BCUT2D eigenvalue weighted by atomic mass is 35.5. The van der Waals surface area contributed by atoms with Crippen molar-refractivity contribution in [3.8, 4) is 0 Å². The number of carbonyl (C=O) groups is 2. The van der Waals surface area contributed by atoms with Crippen molar-refractivity contribution in [2.24, 2.45) is 0 Å². The average Bonchev–Trinajstić information content (AvgIpc) is 3.11. The number of aliphatic hydroxyl groups excluding tert-OH is 1. The Hall–Kier alpha value is -1.79. The Morgan fingerprint density at radius 2 is 2.22 bits per heavy atom. The van der Waals surface area contributed by atoms with Crippen LogP contribution in [0.5, 0.6) is 0 Å². The standard InChI is InChI=1S/C16H20ClN3O3/c1-10-4-5-11(18-9-12(21)8-17)7-14(10)20-15(22)13-3-2-6-19(13)16(20)23/h4-5,7,12-13,18,21H,2-3,6,8-9H2,1H3. The van der Waals surface area contributed by atoms with E-state index in [1.54, 1.807) is 11.0 Å². The highest BCUT2D eigenvalue weighted by Crippen LogP contribution is 2.34. The van der Waals surface area contributed by atoms with E-state index in [4.69, 9.17) is 11.6 Å². The summed E-state index contributed by atoms with van der Waals surface area (Å²) in [7, 11) is 0. The van der Waals surface area contributed by atoms with Gasteiger partial charge in [-0.15, -0.1) is 11.6 Å². The Morgan fingerprint density at radius 1 is 1.43 bits per heavy atom. The predicted octanol–water partition coefficient (Wildman–Crippen LogP) is 1.94. The SMILES string of the molecule is Cc1ccc(NCC(O)CCl)cc1N1C(=O)C2CCCN2C1=O. The minimum Gasteiger partial charge on any atom is -0.390 e. The van der Waals surface area contributed by atoms with Crippen LogP contribution in [0.1, 0.15) is 18.4 Å². The molecule has 7 heteroatoms. The molecule has 0 aliphatic carbocycles. The fourth-order valence-electron chi connectivity index (χ4n) is 3.10. The maximum atomic E-state index is 12.6. The second kappa shape index (κ2) is 6.37. The van der Waals surface area contributed by atoms with Crippen LogP contribution in [0.3, 0.4) is 0 Å². The summed E-state index contributed by atoms with van der Waals surface area (Å²) in [6.45, 7) is 2.82. The van der Waals surface area contributed by atoms with Gasteiger partial charge in [0.1, 0.15) is 6.04 Å². The molecule has 2 unspecified atom stereocenters. The fourth-order valence-corrected chi connectivity index (χ4v) is 3.21. The largest absolute Gasteiger partial charge is 0.390 e. The lowest BCUT2D eigenvalue weighted by atomic mass is 10.1. The van der Waals surface area contributed by atoms with Crippen LogP contribution >= 0.6 is 11.6 Å². The van der Waals surface area contributed by atoms with E-state index >= 15 is 0 Å². The third kappa shape index (κ3) is 2.88. The Bertz CT molecular complexity index is 615. The number of fused-ring (bicyclic) bond motifs is 1. The van der Waals surface area contributed by atoms with E-state index < -0.39 is 6.10 Å². The van der Waals surface area contributed by atoms with Crippen LogP contribution in [-0.2, 0) is 4.79 Å². The number of urea groups is 1. The first-order valence-electron chi connectivity index (χ1n) is 7.76. The topological polar surface area (TPSA) is 72.9 Å². The Balaban J connectivity index is 1.84. The van der Waals surface area contributed by atoms with Crippen molar-refractivity contribution in [2.75, 3.05) is 29.2 Å². The van der Waals surface area contributed by atoms with E-state index in [0.717, 1.165) is 24.1 Å². The van der Waals surface area contributed by atoms with Crippen LogP contribution in [-0.4, -0.2) is 53.1 Å². The molecule has 3 amide bonds. The number of benzene rings is 1. The number of rotatable bonds is 5. The van der Waals surface area contributed by atoms with E-state index in [2.05, 4.69) is 5.32 Å². The first-order chi connectivity index (χ1) is 11.0. The van der Waals surface area contributed by atoms with E-state index in [1.165, 1.54) is 4.90 Å². The van der Waals surface area contributed by atoms with E-state index in [1.807, 2.05) is 19.1 Å². The van der Waals surface area contributed by atoms with Gasteiger partial charge in [-0.25, -0.2) is 9.69 Å². The molecular formula is C16H20ClN3O3. The summed E-state index contributed by atoms with van der Waals surface area (Å²) in [6.07, 6.45) is 0.967. The molecule has 2 N–H and O–H groups in total. The minimum absolute atomic E-state index is 0.144. The van der Waals surface area contributed by atoms with Crippen LogP contribution in [0.4, 0.5) is 16.2 Å². The molecule has 23 heavy (non-hydrogen) atoms. The molecule has 0 spiro atoms. The lowest BCUT2D eigenvalue weighted by molar-refractivity contribution is -0.119. The molecule has 2 saturated heterocycles. The smallest absolute Gasteiger partial charge is 0.332 e. The second-order valence-electron chi connectivity index (χ2n) is 6.00. The minimum atomic E-state index is -0.651. The molecular weight excluding hydrogens is 318 g/mol. The predicted molar refractivity (Wildman–Crippen MR) is 89.0 cm³/mol. The van der Waals surface area contributed by atoms with Crippen molar-refractivity contribution in [1.29, 1.82) is 0 Å². The van der Waals surface area contributed by atoms with E-state index in [9.17, 15) is 14.7 Å². The molecule has 3 rings (SSSR count). The number of imide groups is 1. The van der Waals surface area contributed by atoms with Gasteiger partial charge >= 0.3 is 6.03 Å². The molecule has 2 aliphatic rings. The Morgan fingerprint density at radius 3 is 2.91 bits per heavy atom. The molecule has 124 valence electrons. The number of amides is 3. The fraction of sp³-hybridized carbons (Fsp3) is 0.500. The molecule has 1 aromatic carbocycles. The zero-order valence-electron chi connectivity index (χ0n) is 13.0. The van der Waals surface area contributed by atoms with E-state index in [0.29, 0.717) is 18.8 Å². The molecule has 6 nitrogen and oxygen atoms in total. The normalized spacial score (nSPS) is 21.8. The van der Waals surface area contributed by atoms with Gasteiger partial charge in [0.15, 0.2) is 0 Å². The van der Waals surface area contributed by atoms with Gasteiger partial charge < -0.3 is 15.3 Å². The van der Waals surface area contributed by atoms with Crippen molar-refractivity contribution < 1.29 is 14.7 Å².